The zero-order chi connectivity index (χ0) is 17.4. The van der Waals surface area contributed by atoms with Gasteiger partial charge in [0.2, 0.25) is 10.0 Å². The smallest absolute Gasteiger partial charge is 0.243 e. The molecule has 3 aromatic rings. The first-order valence-corrected chi connectivity index (χ1v) is 9.62. The van der Waals surface area contributed by atoms with E-state index >= 15 is 0 Å². The second-order valence-corrected chi connectivity index (χ2v) is 7.98. The van der Waals surface area contributed by atoms with Crippen LogP contribution in [0.1, 0.15) is 5.56 Å². The molecule has 1 aliphatic rings. The first-order chi connectivity index (χ1) is 12.1. The maximum Gasteiger partial charge on any atom is 0.243 e. The number of aryl methyl sites for hydroxylation is 1. The number of nitrogens with zero attached hydrogens (tertiary/aromatic N) is 3. The van der Waals surface area contributed by atoms with E-state index < -0.39 is 10.0 Å². The van der Waals surface area contributed by atoms with Crippen molar-refractivity contribution in [2.45, 2.75) is 11.8 Å². The van der Waals surface area contributed by atoms with Gasteiger partial charge in [-0.25, -0.2) is 13.4 Å². The highest BCUT2D eigenvalue weighted by Crippen LogP contribution is 2.28. The Kier molecular flexibility index (Phi) is 4.07. The number of fused-ring (bicyclic) bond motifs is 1. The quantitative estimate of drug-likeness (QED) is 0.722. The van der Waals surface area contributed by atoms with Crippen molar-refractivity contribution < 1.29 is 13.2 Å². The number of ether oxygens (including phenoxy) is 1. The van der Waals surface area contributed by atoms with Crippen LogP contribution in [0, 0.1) is 6.92 Å². The Morgan fingerprint density at radius 1 is 1.12 bits per heavy atom. The summed E-state index contributed by atoms with van der Waals surface area (Å²) in [6, 6.07) is 11.3. The summed E-state index contributed by atoms with van der Waals surface area (Å²) in [5.41, 5.74) is 3.27. The number of sulfonamides is 1. The second-order valence-electron chi connectivity index (χ2n) is 6.07. The van der Waals surface area contributed by atoms with Crippen LogP contribution in [0.3, 0.4) is 0 Å². The zero-order valence-corrected chi connectivity index (χ0v) is 14.7. The number of hydrogen-bond acceptors (Lipinski definition) is 4. The zero-order valence-electron chi connectivity index (χ0n) is 13.9. The Morgan fingerprint density at radius 2 is 1.92 bits per heavy atom. The van der Waals surface area contributed by atoms with Crippen LogP contribution in [0.25, 0.3) is 16.9 Å². The Balaban J connectivity index is 1.81. The third kappa shape index (κ3) is 2.84. The molecule has 0 unspecified atom stereocenters. The van der Waals surface area contributed by atoms with Crippen LogP contribution in [-0.2, 0) is 14.8 Å². The molecule has 0 radical (unpaired) electrons. The molecule has 1 aliphatic heterocycles. The van der Waals surface area contributed by atoms with Gasteiger partial charge in [-0.3, -0.25) is 4.40 Å². The molecule has 0 atom stereocenters. The molecule has 0 N–H and O–H groups in total. The van der Waals surface area contributed by atoms with Gasteiger partial charge in [-0.1, -0.05) is 18.2 Å². The molecule has 7 heteroatoms. The second kappa shape index (κ2) is 6.25. The van der Waals surface area contributed by atoms with E-state index in [0.29, 0.717) is 31.2 Å². The number of rotatable bonds is 3. The van der Waals surface area contributed by atoms with Crippen molar-refractivity contribution in [2.75, 3.05) is 26.3 Å². The molecule has 0 spiro atoms. The molecule has 0 amide bonds. The summed E-state index contributed by atoms with van der Waals surface area (Å²) in [7, 11) is -3.54. The SMILES string of the molecule is Cc1ccc(-c2cnc3ccccn23)cc1S(=O)(=O)N1CCOCC1. The first kappa shape index (κ1) is 16.3. The average Bonchev–Trinajstić information content (AvgIpc) is 3.07. The number of pyridine rings is 1. The van der Waals surface area contributed by atoms with Gasteiger partial charge in [-0.05, 0) is 30.7 Å². The predicted octanol–water partition coefficient (Wildman–Crippen LogP) is 2.33. The lowest BCUT2D eigenvalue weighted by Crippen LogP contribution is -2.40. The number of morpholine rings is 1. The Hall–Kier alpha value is -2.22. The predicted molar refractivity (Wildman–Crippen MR) is 94.9 cm³/mol. The summed E-state index contributed by atoms with van der Waals surface area (Å²) in [6.07, 6.45) is 3.69. The van der Waals surface area contributed by atoms with E-state index in [1.807, 2.05) is 47.9 Å². The molecule has 1 saturated heterocycles. The van der Waals surface area contributed by atoms with Gasteiger partial charge in [0, 0.05) is 24.8 Å². The standard InChI is InChI=1S/C18H19N3O3S/c1-14-5-6-15(16-13-19-18-4-2-3-7-21(16)18)12-17(14)25(22,23)20-8-10-24-11-9-20/h2-7,12-13H,8-11H2,1H3. The van der Waals surface area contributed by atoms with Gasteiger partial charge in [-0.2, -0.15) is 4.31 Å². The monoisotopic (exact) mass is 357 g/mol. The van der Waals surface area contributed by atoms with E-state index in [9.17, 15) is 8.42 Å². The maximum absolute atomic E-state index is 13.0. The van der Waals surface area contributed by atoms with Gasteiger partial charge in [0.15, 0.2) is 0 Å². The summed E-state index contributed by atoms with van der Waals surface area (Å²) >= 11 is 0. The summed E-state index contributed by atoms with van der Waals surface area (Å²) in [5, 5.41) is 0. The number of aromatic nitrogens is 2. The molecule has 4 rings (SSSR count). The van der Waals surface area contributed by atoms with Crippen molar-refractivity contribution in [3.8, 4) is 11.3 Å². The fourth-order valence-corrected chi connectivity index (χ4v) is 4.77. The van der Waals surface area contributed by atoms with Crippen LogP contribution in [0.2, 0.25) is 0 Å². The third-order valence-electron chi connectivity index (χ3n) is 4.49. The molecule has 0 saturated carbocycles. The minimum absolute atomic E-state index is 0.345. The molecule has 6 nitrogen and oxygen atoms in total. The number of hydrogen-bond donors (Lipinski definition) is 0. The van der Waals surface area contributed by atoms with Crippen LogP contribution in [0.4, 0.5) is 0 Å². The number of imidazole rings is 1. The molecular formula is C18H19N3O3S. The lowest BCUT2D eigenvalue weighted by atomic mass is 10.1. The van der Waals surface area contributed by atoms with E-state index in [1.54, 1.807) is 12.3 Å². The third-order valence-corrected chi connectivity index (χ3v) is 6.53. The lowest BCUT2D eigenvalue weighted by molar-refractivity contribution is 0.0730. The number of benzene rings is 1. The van der Waals surface area contributed by atoms with Crippen LogP contribution in [-0.4, -0.2) is 48.4 Å². The van der Waals surface area contributed by atoms with Crippen LogP contribution in [0.15, 0.2) is 53.7 Å². The molecule has 2 aromatic heterocycles. The van der Waals surface area contributed by atoms with Crippen molar-refractivity contribution >= 4 is 15.7 Å². The van der Waals surface area contributed by atoms with Gasteiger partial charge in [0.1, 0.15) is 5.65 Å². The van der Waals surface area contributed by atoms with Crippen molar-refractivity contribution in [1.29, 1.82) is 0 Å². The van der Waals surface area contributed by atoms with Crippen molar-refractivity contribution in [2.24, 2.45) is 0 Å². The largest absolute Gasteiger partial charge is 0.379 e. The Morgan fingerprint density at radius 3 is 2.72 bits per heavy atom. The summed E-state index contributed by atoms with van der Waals surface area (Å²) in [4.78, 5) is 4.73. The highest BCUT2D eigenvalue weighted by Gasteiger charge is 2.28. The highest BCUT2D eigenvalue weighted by molar-refractivity contribution is 7.89. The van der Waals surface area contributed by atoms with Gasteiger partial charge in [0.05, 0.1) is 30.0 Å². The Bertz CT molecular complexity index is 1020. The van der Waals surface area contributed by atoms with E-state index in [-0.39, 0.29) is 0 Å². The highest BCUT2D eigenvalue weighted by atomic mass is 32.2. The summed E-state index contributed by atoms with van der Waals surface area (Å²) < 4.78 is 34.8. The lowest BCUT2D eigenvalue weighted by Gasteiger charge is -2.26. The summed E-state index contributed by atoms with van der Waals surface area (Å²) in [5.74, 6) is 0. The molecule has 0 aliphatic carbocycles. The topological polar surface area (TPSA) is 63.9 Å². The van der Waals surface area contributed by atoms with Gasteiger partial charge in [0.25, 0.3) is 0 Å². The van der Waals surface area contributed by atoms with Gasteiger partial charge >= 0.3 is 0 Å². The van der Waals surface area contributed by atoms with Crippen LogP contribution >= 0.6 is 0 Å². The minimum Gasteiger partial charge on any atom is -0.379 e. The molecular weight excluding hydrogens is 338 g/mol. The maximum atomic E-state index is 13.0. The fraction of sp³-hybridized carbons (Fsp3) is 0.278. The minimum atomic E-state index is -3.54. The average molecular weight is 357 g/mol. The van der Waals surface area contributed by atoms with Gasteiger partial charge < -0.3 is 4.74 Å². The van der Waals surface area contributed by atoms with E-state index in [1.165, 1.54) is 4.31 Å². The molecule has 130 valence electrons. The normalized spacial score (nSPS) is 16.4. The van der Waals surface area contributed by atoms with Crippen LogP contribution < -0.4 is 0 Å². The fourth-order valence-electron chi connectivity index (χ4n) is 3.11. The molecule has 3 heterocycles. The van der Waals surface area contributed by atoms with Gasteiger partial charge in [-0.15, -0.1) is 0 Å². The molecule has 0 bridgehead atoms. The van der Waals surface area contributed by atoms with E-state index in [2.05, 4.69) is 4.98 Å². The molecule has 25 heavy (non-hydrogen) atoms. The van der Waals surface area contributed by atoms with Crippen LogP contribution in [0.5, 0.6) is 0 Å². The van der Waals surface area contributed by atoms with Crippen molar-refractivity contribution in [3.63, 3.8) is 0 Å². The van der Waals surface area contributed by atoms with Crippen molar-refractivity contribution in [1.82, 2.24) is 13.7 Å². The van der Waals surface area contributed by atoms with E-state index in [4.69, 9.17) is 4.74 Å². The van der Waals surface area contributed by atoms with E-state index in [0.717, 1.165) is 22.5 Å². The molecule has 1 aromatic carbocycles. The van der Waals surface area contributed by atoms with Crippen molar-refractivity contribution in [3.05, 3.63) is 54.4 Å². The Labute approximate surface area is 146 Å². The molecule has 1 fully saturated rings. The summed E-state index contributed by atoms with van der Waals surface area (Å²) in [6.45, 7) is 3.48. The first-order valence-electron chi connectivity index (χ1n) is 8.18.